The average Bonchev–Trinajstić information content (AvgIpc) is 2.45. The first kappa shape index (κ1) is 15.4. The van der Waals surface area contributed by atoms with Crippen molar-refractivity contribution in [3.8, 4) is 5.75 Å². The van der Waals surface area contributed by atoms with Crippen LogP contribution in [0.3, 0.4) is 0 Å². The molecule has 2 unspecified atom stereocenters. The minimum Gasteiger partial charge on any atom is -0.508 e. The maximum atomic E-state index is 13.8. The fraction of sp³-hybridized carbons (Fsp3) is 0.294. The molecule has 2 atom stereocenters. The summed E-state index contributed by atoms with van der Waals surface area (Å²) < 4.78 is 27.6. The predicted molar refractivity (Wildman–Crippen MR) is 79.0 cm³/mol. The standard InChI is InChI=1S/C17H19F2NO/c1-3-16(12-7-9-13(21)10-8-12)20-11(2)17-14(18)5-4-6-15(17)19/h4-11,16,20-21H,3H2,1-2H3. The van der Waals surface area contributed by atoms with Crippen molar-refractivity contribution >= 4 is 0 Å². The van der Waals surface area contributed by atoms with Crippen LogP contribution in [0, 0.1) is 11.6 Å². The Morgan fingerprint density at radius 3 is 2.14 bits per heavy atom. The van der Waals surface area contributed by atoms with E-state index < -0.39 is 17.7 Å². The third-order valence-corrected chi connectivity index (χ3v) is 3.59. The Hall–Kier alpha value is -1.94. The van der Waals surface area contributed by atoms with Gasteiger partial charge in [0.05, 0.1) is 0 Å². The lowest BCUT2D eigenvalue weighted by atomic mass is 10.0. The number of rotatable bonds is 5. The van der Waals surface area contributed by atoms with Crippen molar-refractivity contribution in [3.05, 3.63) is 65.2 Å². The zero-order valence-corrected chi connectivity index (χ0v) is 12.1. The minimum atomic E-state index is -0.546. The number of benzene rings is 2. The van der Waals surface area contributed by atoms with Gasteiger partial charge in [0.25, 0.3) is 0 Å². The molecule has 0 radical (unpaired) electrons. The van der Waals surface area contributed by atoms with E-state index in [-0.39, 0.29) is 17.4 Å². The third-order valence-electron chi connectivity index (χ3n) is 3.59. The molecule has 0 amide bonds. The summed E-state index contributed by atoms with van der Waals surface area (Å²) in [5, 5.41) is 12.6. The summed E-state index contributed by atoms with van der Waals surface area (Å²) in [6.45, 7) is 3.74. The van der Waals surface area contributed by atoms with Gasteiger partial charge < -0.3 is 10.4 Å². The molecule has 2 aromatic carbocycles. The van der Waals surface area contributed by atoms with E-state index >= 15 is 0 Å². The van der Waals surface area contributed by atoms with Gasteiger partial charge in [-0.3, -0.25) is 0 Å². The van der Waals surface area contributed by atoms with Crippen LogP contribution in [0.1, 0.15) is 43.5 Å². The van der Waals surface area contributed by atoms with E-state index in [0.29, 0.717) is 0 Å². The van der Waals surface area contributed by atoms with Crippen molar-refractivity contribution in [1.82, 2.24) is 5.32 Å². The van der Waals surface area contributed by atoms with Crippen molar-refractivity contribution in [1.29, 1.82) is 0 Å². The molecule has 0 heterocycles. The van der Waals surface area contributed by atoms with Crippen LogP contribution in [0.25, 0.3) is 0 Å². The van der Waals surface area contributed by atoms with Gasteiger partial charge in [-0.25, -0.2) is 8.78 Å². The molecule has 0 saturated carbocycles. The lowest BCUT2D eigenvalue weighted by Gasteiger charge is -2.23. The van der Waals surface area contributed by atoms with Gasteiger partial charge in [0, 0.05) is 17.6 Å². The topological polar surface area (TPSA) is 32.3 Å². The number of nitrogens with one attached hydrogen (secondary N) is 1. The molecule has 0 aliphatic carbocycles. The van der Waals surface area contributed by atoms with E-state index in [0.717, 1.165) is 12.0 Å². The average molecular weight is 291 g/mol. The molecule has 4 heteroatoms. The summed E-state index contributed by atoms with van der Waals surface area (Å²) in [6, 6.07) is 10.2. The van der Waals surface area contributed by atoms with Crippen LogP contribution in [0.5, 0.6) is 5.75 Å². The molecular formula is C17H19F2NO. The second-order valence-electron chi connectivity index (χ2n) is 5.08. The van der Waals surface area contributed by atoms with E-state index in [1.807, 2.05) is 6.92 Å². The number of phenols is 1. The van der Waals surface area contributed by atoms with Crippen LogP contribution >= 0.6 is 0 Å². The highest BCUT2D eigenvalue weighted by Crippen LogP contribution is 2.26. The monoisotopic (exact) mass is 291 g/mol. The second-order valence-corrected chi connectivity index (χ2v) is 5.08. The van der Waals surface area contributed by atoms with Gasteiger partial charge in [0.15, 0.2) is 0 Å². The third kappa shape index (κ3) is 3.58. The molecule has 0 bridgehead atoms. The molecular weight excluding hydrogens is 272 g/mol. The SMILES string of the molecule is CCC(NC(C)c1c(F)cccc1F)c1ccc(O)cc1. The van der Waals surface area contributed by atoms with Crippen molar-refractivity contribution in [2.45, 2.75) is 32.4 Å². The fourth-order valence-corrected chi connectivity index (χ4v) is 2.47. The Balaban J connectivity index is 2.20. The van der Waals surface area contributed by atoms with E-state index in [1.165, 1.54) is 18.2 Å². The molecule has 0 aliphatic rings. The van der Waals surface area contributed by atoms with Crippen molar-refractivity contribution < 1.29 is 13.9 Å². The summed E-state index contributed by atoms with van der Waals surface area (Å²) in [4.78, 5) is 0. The number of aromatic hydroxyl groups is 1. The summed E-state index contributed by atoms with van der Waals surface area (Å²) in [6.07, 6.45) is 0.769. The fourth-order valence-electron chi connectivity index (χ4n) is 2.47. The molecule has 0 aromatic heterocycles. The second kappa shape index (κ2) is 6.68. The Kier molecular flexibility index (Phi) is 4.91. The van der Waals surface area contributed by atoms with E-state index in [4.69, 9.17) is 0 Å². The number of hydrogen-bond donors (Lipinski definition) is 2. The first-order valence-electron chi connectivity index (χ1n) is 7.01. The molecule has 0 spiro atoms. The molecule has 2 aromatic rings. The summed E-state index contributed by atoms with van der Waals surface area (Å²) in [7, 11) is 0. The molecule has 21 heavy (non-hydrogen) atoms. The maximum absolute atomic E-state index is 13.8. The first-order valence-corrected chi connectivity index (χ1v) is 7.01. The van der Waals surface area contributed by atoms with Crippen LogP contribution in [0.15, 0.2) is 42.5 Å². The Labute approximate surface area is 123 Å². The molecule has 2 nitrogen and oxygen atoms in total. The van der Waals surface area contributed by atoms with Crippen molar-refractivity contribution in [3.63, 3.8) is 0 Å². The largest absolute Gasteiger partial charge is 0.508 e. The van der Waals surface area contributed by atoms with Crippen LogP contribution in [-0.2, 0) is 0 Å². The van der Waals surface area contributed by atoms with Crippen LogP contribution < -0.4 is 5.32 Å². The van der Waals surface area contributed by atoms with E-state index in [9.17, 15) is 13.9 Å². The molecule has 112 valence electrons. The lowest BCUT2D eigenvalue weighted by Crippen LogP contribution is -2.25. The molecule has 2 rings (SSSR count). The quantitative estimate of drug-likeness (QED) is 0.851. The first-order chi connectivity index (χ1) is 10.0. The van der Waals surface area contributed by atoms with Gasteiger partial charge in [0.1, 0.15) is 17.4 Å². The zero-order valence-electron chi connectivity index (χ0n) is 12.1. The molecule has 0 saturated heterocycles. The molecule has 2 N–H and O–H groups in total. The highest BCUT2D eigenvalue weighted by molar-refractivity contribution is 5.29. The van der Waals surface area contributed by atoms with Crippen molar-refractivity contribution in [2.24, 2.45) is 0 Å². The highest BCUT2D eigenvalue weighted by atomic mass is 19.1. The Bertz CT molecular complexity index is 578. The van der Waals surface area contributed by atoms with Crippen LogP contribution in [-0.4, -0.2) is 5.11 Å². The summed E-state index contributed by atoms with van der Waals surface area (Å²) >= 11 is 0. The normalized spacial score (nSPS) is 13.9. The van der Waals surface area contributed by atoms with E-state index in [2.05, 4.69) is 5.32 Å². The van der Waals surface area contributed by atoms with Crippen LogP contribution in [0.2, 0.25) is 0 Å². The van der Waals surface area contributed by atoms with Gasteiger partial charge in [-0.1, -0.05) is 25.1 Å². The summed E-state index contributed by atoms with van der Waals surface area (Å²) in [5.41, 5.74) is 1.02. The lowest BCUT2D eigenvalue weighted by molar-refractivity contribution is 0.425. The van der Waals surface area contributed by atoms with Gasteiger partial charge >= 0.3 is 0 Å². The molecule has 0 aliphatic heterocycles. The van der Waals surface area contributed by atoms with Gasteiger partial charge in [-0.2, -0.15) is 0 Å². The van der Waals surface area contributed by atoms with Crippen molar-refractivity contribution in [2.75, 3.05) is 0 Å². The van der Waals surface area contributed by atoms with Gasteiger partial charge in [-0.05, 0) is 43.2 Å². The van der Waals surface area contributed by atoms with Gasteiger partial charge in [0.2, 0.25) is 0 Å². The highest BCUT2D eigenvalue weighted by Gasteiger charge is 2.19. The predicted octanol–water partition coefficient (Wildman–Crippen LogP) is 4.47. The number of hydrogen-bond acceptors (Lipinski definition) is 2. The number of phenolic OH excluding ortho intramolecular Hbond substituents is 1. The van der Waals surface area contributed by atoms with E-state index in [1.54, 1.807) is 31.2 Å². The van der Waals surface area contributed by atoms with Crippen LogP contribution in [0.4, 0.5) is 8.78 Å². The Morgan fingerprint density at radius 2 is 1.62 bits per heavy atom. The zero-order chi connectivity index (χ0) is 15.4. The molecule has 0 fully saturated rings. The summed E-state index contributed by atoms with van der Waals surface area (Å²) in [5.74, 6) is -0.895. The minimum absolute atomic E-state index is 0.0420. The Morgan fingerprint density at radius 1 is 1.05 bits per heavy atom. The van der Waals surface area contributed by atoms with Gasteiger partial charge in [-0.15, -0.1) is 0 Å². The number of halogens is 2. The smallest absolute Gasteiger partial charge is 0.130 e. The maximum Gasteiger partial charge on any atom is 0.130 e.